The number of hydrogen-bond donors (Lipinski definition) is 6. The topological polar surface area (TPSA) is 137 Å². The zero-order valence-electron chi connectivity index (χ0n) is 15.2. The van der Waals surface area contributed by atoms with Crippen LogP contribution in [0.1, 0.15) is 33.6 Å². The van der Waals surface area contributed by atoms with Crippen LogP contribution in [0.4, 0.5) is 0 Å². The molecule has 1 rings (SSSR count). The Morgan fingerprint density at radius 1 is 1.12 bits per heavy atom. The second-order valence-electron chi connectivity index (χ2n) is 6.69. The number of thiol groups is 1. The van der Waals surface area contributed by atoms with Crippen LogP contribution in [0.15, 0.2) is 0 Å². The van der Waals surface area contributed by atoms with Crippen LogP contribution in [0.2, 0.25) is 0 Å². The maximum atomic E-state index is 12.5. The first-order valence-corrected chi connectivity index (χ1v) is 9.28. The Labute approximate surface area is 158 Å². The largest absolute Gasteiger partial charge is 0.480 e. The quantitative estimate of drug-likeness (QED) is 0.277. The summed E-state index contributed by atoms with van der Waals surface area (Å²) in [6.45, 7) is 5.80. The van der Waals surface area contributed by atoms with Gasteiger partial charge >= 0.3 is 5.97 Å². The van der Waals surface area contributed by atoms with Crippen LogP contribution in [0.3, 0.4) is 0 Å². The molecular weight excluding hydrogens is 360 g/mol. The summed E-state index contributed by atoms with van der Waals surface area (Å²) in [5.41, 5.74) is 0. The molecule has 0 aliphatic carbocycles. The van der Waals surface area contributed by atoms with Crippen molar-refractivity contribution in [2.75, 3.05) is 12.3 Å². The standard InChI is InChI=1S/C16H28N4O5S/c1-8(2)12(20-14(22)10-5-4-6-17-10)15(23)18-9(3)13(21)19-11(7-26)16(24)25/h8-12,17,26H,4-7H2,1-3H3,(H,18,23)(H,19,21)(H,20,22)(H,24,25). The molecule has 5 N–H and O–H groups in total. The van der Waals surface area contributed by atoms with Crippen LogP contribution in [0.5, 0.6) is 0 Å². The number of nitrogens with one attached hydrogen (secondary N) is 4. The van der Waals surface area contributed by atoms with Crippen molar-refractivity contribution in [1.82, 2.24) is 21.3 Å². The van der Waals surface area contributed by atoms with Crippen LogP contribution >= 0.6 is 12.6 Å². The molecular formula is C16H28N4O5S. The van der Waals surface area contributed by atoms with Crippen molar-refractivity contribution in [2.45, 2.75) is 57.8 Å². The number of carbonyl (C=O) groups is 4. The van der Waals surface area contributed by atoms with E-state index < -0.39 is 35.9 Å². The molecule has 0 spiro atoms. The van der Waals surface area contributed by atoms with Gasteiger partial charge in [0.25, 0.3) is 0 Å². The van der Waals surface area contributed by atoms with E-state index in [2.05, 4.69) is 33.9 Å². The molecule has 10 heteroatoms. The Morgan fingerprint density at radius 2 is 1.77 bits per heavy atom. The van der Waals surface area contributed by atoms with Gasteiger partial charge in [0.2, 0.25) is 17.7 Å². The van der Waals surface area contributed by atoms with Gasteiger partial charge in [-0.1, -0.05) is 13.8 Å². The SMILES string of the molecule is CC(NC(=O)C(NC(=O)C1CCCN1)C(C)C)C(=O)NC(CS)C(=O)O. The van der Waals surface area contributed by atoms with Crippen molar-refractivity contribution in [1.29, 1.82) is 0 Å². The van der Waals surface area contributed by atoms with E-state index in [9.17, 15) is 19.2 Å². The summed E-state index contributed by atoms with van der Waals surface area (Å²) in [5.74, 6) is -2.82. The predicted molar refractivity (Wildman–Crippen MR) is 98.8 cm³/mol. The van der Waals surface area contributed by atoms with Gasteiger partial charge in [0, 0.05) is 5.75 Å². The minimum atomic E-state index is -1.21. The van der Waals surface area contributed by atoms with Gasteiger partial charge in [-0.3, -0.25) is 14.4 Å². The highest BCUT2D eigenvalue weighted by Crippen LogP contribution is 2.08. The van der Waals surface area contributed by atoms with Gasteiger partial charge < -0.3 is 26.4 Å². The lowest BCUT2D eigenvalue weighted by atomic mass is 10.0. The molecule has 0 aromatic carbocycles. The third-order valence-electron chi connectivity index (χ3n) is 4.17. The summed E-state index contributed by atoms with van der Waals surface area (Å²) in [6.07, 6.45) is 1.63. The monoisotopic (exact) mass is 388 g/mol. The summed E-state index contributed by atoms with van der Waals surface area (Å²) >= 11 is 3.87. The van der Waals surface area contributed by atoms with E-state index in [1.807, 2.05) is 0 Å². The first-order valence-electron chi connectivity index (χ1n) is 8.65. The van der Waals surface area contributed by atoms with E-state index in [1.54, 1.807) is 13.8 Å². The molecule has 1 aliphatic rings. The lowest BCUT2D eigenvalue weighted by Crippen LogP contribution is -2.57. The molecule has 3 amide bonds. The lowest BCUT2D eigenvalue weighted by molar-refractivity contribution is -0.141. The van der Waals surface area contributed by atoms with Crippen LogP contribution in [-0.4, -0.2) is 65.3 Å². The highest BCUT2D eigenvalue weighted by Gasteiger charge is 2.31. The third kappa shape index (κ3) is 6.49. The van der Waals surface area contributed by atoms with Crippen molar-refractivity contribution < 1.29 is 24.3 Å². The third-order valence-corrected chi connectivity index (χ3v) is 4.54. The van der Waals surface area contributed by atoms with E-state index in [-0.39, 0.29) is 23.6 Å². The summed E-state index contributed by atoms with van der Waals surface area (Å²) in [4.78, 5) is 47.7. The molecule has 0 aromatic rings. The predicted octanol–water partition coefficient (Wildman–Crippen LogP) is -1.12. The first kappa shape index (κ1) is 22.2. The van der Waals surface area contributed by atoms with Crippen molar-refractivity contribution in [3.05, 3.63) is 0 Å². The molecule has 0 aromatic heterocycles. The van der Waals surface area contributed by atoms with Gasteiger partial charge in [0.05, 0.1) is 6.04 Å². The van der Waals surface area contributed by atoms with E-state index in [4.69, 9.17) is 5.11 Å². The molecule has 4 atom stereocenters. The summed E-state index contributed by atoms with van der Waals surface area (Å²) < 4.78 is 0. The number of carbonyl (C=O) groups excluding carboxylic acids is 3. The zero-order chi connectivity index (χ0) is 19.9. The average molecular weight is 388 g/mol. The summed E-state index contributed by atoms with van der Waals surface area (Å²) in [6, 6.07) is -3.19. The smallest absolute Gasteiger partial charge is 0.327 e. The van der Waals surface area contributed by atoms with Crippen molar-refractivity contribution >= 4 is 36.3 Å². The number of amides is 3. The molecule has 26 heavy (non-hydrogen) atoms. The van der Waals surface area contributed by atoms with Gasteiger partial charge in [0.1, 0.15) is 18.1 Å². The van der Waals surface area contributed by atoms with Crippen molar-refractivity contribution in [3.63, 3.8) is 0 Å². The highest BCUT2D eigenvalue weighted by atomic mass is 32.1. The fraction of sp³-hybridized carbons (Fsp3) is 0.750. The minimum absolute atomic E-state index is 0.0686. The van der Waals surface area contributed by atoms with Gasteiger partial charge in [-0.25, -0.2) is 4.79 Å². The number of carboxylic acid groups (broad SMARTS) is 1. The molecule has 1 aliphatic heterocycles. The zero-order valence-corrected chi connectivity index (χ0v) is 16.1. The molecule has 1 saturated heterocycles. The molecule has 4 unspecified atom stereocenters. The van der Waals surface area contributed by atoms with Gasteiger partial charge in [-0.15, -0.1) is 0 Å². The van der Waals surface area contributed by atoms with Gasteiger partial charge in [0.15, 0.2) is 0 Å². The maximum absolute atomic E-state index is 12.5. The van der Waals surface area contributed by atoms with Crippen LogP contribution in [0.25, 0.3) is 0 Å². The first-order chi connectivity index (χ1) is 12.2. The molecule has 1 fully saturated rings. The van der Waals surface area contributed by atoms with Gasteiger partial charge in [-0.2, -0.15) is 12.6 Å². The van der Waals surface area contributed by atoms with Crippen molar-refractivity contribution in [2.24, 2.45) is 5.92 Å². The molecule has 148 valence electrons. The number of rotatable bonds is 9. The number of aliphatic carboxylic acids is 1. The van der Waals surface area contributed by atoms with E-state index >= 15 is 0 Å². The molecule has 9 nitrogen and oxygen atoms in total. The van der Waals surface area contributed by atoms with E-state index in [0.29, 0.717) is 0 Å². The number of carboxylic acids is 1. The molecule has 0 bridgehead atoms. The highest BCUT2D eigenvalue weighted by molar-refractivity contribution is 7.80. The van der Waals surface area contributed by atoms with Crippen LogP contribution in [0, 0.1) is 5.92 Å². The van der Waals surface area contributed by atoms with Crippen LogP contribution < -0.4 is 21.3 Å². The summed E-state index contributed by atoms with van der Waals surface area (Å²) in [7, 11) is 0. The Bertz CT molecular complexity index is 537. The summed E-state index contributed by atoms with van der Waals surface area (Å²) in [5, 5.41) is 19.6. The fourth-order valence-corrected chi connectivity index (χ4v) is 2.80. The van der Waals surface area contributed by atoms with Gasteiger partial charge in [-0.05, 0) is 32.2 Å². The lowest BCUT2D eigenvalue weighted by Gasteiger charge is -2.25. The molecule has 1 heterocycles. The molecule has 0 radical (unpaired) electrons. The van der Waals surface area contributed by atoms with Crippen molar-refractivity contribution in [3.8, 4) is 0 Å². The normalized spacial score (nSPS) is 20.1. The minimum Gasteiger partial charge on any atom is -0.480 e. The van der Waals surface area contributed by atoms with Crippen LogP contribution in [-0.2, 0) is 19.2 Å². The Morgan fingerprint density at radius 3 is 2.23 bits per heavy atom. The Hall–Kier alpha value is -1.81. The van der Waals surface area contributed by atoms with E-state index in [0.717, 1.165) is 19.4 Å². The fourth-order valence-electron chi connectivity index (χ4n) is 2.55. The average Bonchev–Trinajstić information content (AvgIpc) is 3.10. The maximum Gasteiger partial charge on any atom is 0.327 e. The second-order valence-corrected chi connectivity index (χ2v) is 7.06. The second kappa shape index (κ2) is 10.4. The molecule has 0 saturated carbocycles. The Kier molecular flexibility index (Phi) is 8.86. The number of hydrogen-bond acceptors (Lipinski definition) is 6. The Balaban J connectivity index is 2.63. The van der Waals surface area contributed by atoms with E-state index in [1.165, 1.54) is 6.92 Å².